The number of rotatable bonds is 5. The van der Waals surface area contributed by atoms with Gasteiger partial charge in [0.2, 0.25) is 11.8 Å². The minimum absolute atomic E-state index is 0.0693. The first-order valence-electron chi connectivity index (χ1n) is 6.49. The smallest absolute Gasteiger partial charge is 0.229 e. The molecule has 1 unspecified atom stereocenters. The van der Waals surface area contributed by atoms with Gasteiger partial charge < -0.3 is 15.4 Å². The van der Waals surface area contributed by atoms with Crippen molar-refractivity contribution in [2.45, 2.75) is 19.8 Å². The van der Waals surface area contributed by atoms with Crippen molar-refractivity contribution in [3.63, 3.8) is 0 Å². The van der Waals surface area contributed by atoms with Crippen molar-refractivity contribution in [3.8, 4) is 5.75 Å². The van der Waals surface area contributed by atoms with Gasteiger partial charge in [-0.2, -0.15) is 0 Å². The molecule has 1 saturated heterocycles. The molecule has 1 atom stereocenters. The molecular formula is C14H18N2O3. The Bertz CT molecular complexity index is 474. The van der Waals surface area contributed by atoms with Crippen molar-refractivity contribution in [1.29, 1.82) is 0 Å². The summed E-state index contributed by atoms with van der Waals surface area (Å²) < 4.78 is 5.50. The summed E-state index contributed by atoms with van der Waals surface area (Å²) >= 11 is 0. The average Bonchev–Trinajstić information content (AvgIpc) is 2.83. The molecule has 2 rings (SSSR count). The number of amides is 2. The number of anilines is 1. The lowest BCUT2D eigenvalue weighted by Gasteiger charge is -2.11. The van der Waals surface area contributed by atoms with Crippen LogP contribution in [0.1, 0.15) is 19.8 Å². The van der Waals surface area contributed by atoms with Crippen LogP contribution < -0.4 is 15.4 Å². The van der Waals surface area contributed by atoms with E-state index in [9.17, 15) is 9.59 Å². The van der Waals surface area contributed by atoms with Gasteiger partial charge in [-0.1, -0.05) is 13.0 Å². The fraction of sp³-hybridized carbons (Fsp3) is 0.429. The first kappa shape index (κ1) is 13.4. The van der Waals surface area contributed by atoms with Gasteiger partial charge in [0.05, 0.1) is 12.5 Å². The fourth-order valence-corrected chi connectivity index (χ4v) is 1.92. The summed E-state index contributed by atoms with van der Waals surface area (Å²) in [5.74, 6) is 0.249. The van der Waals surface area contributed by atoms with E-state index in [0.717, 1.165) is 12.2 Å². The van der Waals surface area contributed by atoms with Gasteiger partial charge in [0.1, 0.15) is 5.75 Å². The summed E-state index contributed by atoms with van der Waals surface area (Å²) in [5.41, 5.74) is 0.693. The molecular weight excluding hydrogens is 244 g/mol. The maximum Gasteiger partial charge on any atom is 0.229 e. The van der Waals surface area contributed by atoms with Crippen molar-refractivity contribution in [3.05, 3.63) is 24.3 Å². The molecule has 102 valence electrons. The van der Waals surface area contributed by atoms with Gasteiger partial charge in [-0.05, 0) is 18.6 Å². The lowest BCUT2D eigenvalue weighted by Crippen LogP contribution is -2.24. The summed E-state index contributed by atoms with van der Waals surface area (Å²) in [6.45, 7) is 3.10. The van der Waals surface area contributed by atoms with Crippen molar-refractivity contribution >= 4 is 17.5 Å². The van der Waals surface area contributed by atoms with Crippen LogP contribution in [0.3, 0.4) is 0 Å². The Balaban J connectivity index is 1.94. The molecule has 2 amide bonds. The molecule has 1 aliphatic heterocycles. The number of carbonyl (C=O) groups excluding carboxylic acids is 2. The second-order valence-corrected chi connectivity index (χ2v) is 4.57. The molecule has 1 aromatic rings. The summed E-state index contributed by atoms with van der Waals surface area (Å²) in [4.78, 5) is 23.0. The van der Waals surface area contributed by atoms with E-state index >= 15 is 0 Å². The van der Waals surface area contributed by atoms with Gasteiger partial charge in [-0.15, -0.1) is 0 Å². The molecule has 0 aromatic heterocycles. The average molecular weight is 262 g/mol. The van der Waals surface area contributed by atoms with E-state index in [0.29, 0.717) is 18.8 Å². The number of benzene rings is 1. The van der Waals surface area contributed by atoms with E-state index in [4.69, 9.17) is 4.74 Å². The van der Waals surface area contributed by atoms with Gasteiger partial charge in [0.15, 0.2) is 0 Å². The Labute approximate surface area is 112 Å². The maximum atomic E-state index is 11.9. The van der Waals surface area contributed by atoms with E-state index in [2.05, 4.69) is 10.6 Å². The lowest BCUT2D eigenvalue weighted by atomic mass is 10.1. The SMILES string of the molecule is CCCOc1cccc(NC(=O)C2CNC(=O)C2)c1. The highest BCUT2D eigenvalue weighted by atomic mass is 16.5. The van der Waals surface area contributed by atoms with Gasteiger partial charge in [0, 0.05) is 24.7 Å². The highest BCUT2D eigenvalue weighted by molar-refractivity contribution is 5.97. The Morgan fingerprint density at radius 1 is 1.53 bits per heavy atom. The van der Waals surface area contributed by atoms with Crippen LogP contribution in [-0.2, 0) is 9.59 Å². The van der Waals surface area contributed by atoms with Crippen LogP contribution in [-0.4, -0.2) is 25.0 Å². The third kappa shape index (κ3) is 3.71. The second kappa shape index (κ2) is 6.22. The third-order valence-electron chi connectivity index (χ3n) is 2.92. The molecule has 5 nitrogen and oxygen atoms in total. The zero-order valence-corrected chi connectivity index (χ0v) is 10.9. The minimum Gasteiger partial charge on any atom is -0.494 e. The van der Waals surface area contributed by atoms with E-state index in [1.165, 1.54) is 0 Å². The summed E-state index contributed by atoms with van der Waals surface area (Å²) in [5, 5.41) is 5.46. The van der Waals surface area contributed by atoms with Crippen LogP contribution >= 0.6 is 0 Å². The Hall–Kier alpha value is -2.04. The van der Waals surface area contributed by atoms with Crippen LogP contribution in [0.2, 0.25) is 0 Å². The normalized spacial score (nSPS) is 17.9. The van der Waals surface area contributed by atoms with Crippen LogP contribution in [0.25, 0.3) is 0 Å². The minimum atomic E-state index is -0.285. The van der Waals surface area contributed by atoms with Gasteiger partial charge in [-0.3, -0.25) is 9.59 Å². The van der Waals surface area contributed by atoms with E-state index in [1.807, 2.05) is 19.1 Å². The summed E-state index contributed by atoms with van der Waals surface area (Å²) in [6, 6.07) is 7.28. The summed E-state index contributed by atoms with van der Waals surface area (Å²) in [6.07, 6.45) is 1.20. The van der Waals surface area contributed by atoms with Gasteiger partial charge >= 0.3 is 0 Å². The van der Waals surface area contributed by atoms with Gasteiger partial charge in [0.25, 0.3) is 0 Å². The highest BCUT2D eigenvalue weighted by Crippen LogP contribution is 2.19. The van der Waals surface area contributed by atoms with Crippen molar-refractivity contribution in [2.24, 2.45) is 5.92 Å². The zero-order valence-electron chi connectivity index (χ0n) is 10.9. The zero-order chi connectivity index (χ0) is 13.7. The van der Waals surface area contributed by atoms with E-state index in [-0.39, 0.29) is 24.2 Å². The molecule has 0 saturated carbocycles. The standard InChI is InChI=1S/C14H18N2O3/c1-2-6-19-12-5-3-4-11(8-12)16-14(18)10-7-13(17)15-9-10/h3-5,8,10H,2,6-7,9H2,1H3,(H,15,17)(H,16,18). The Kier molecular flexibility index (Phi) is 4.39. The molecule has 1 fully saturated rings. The van der Waals surface area contributed by atoms with E-state index < -0.39 is 0 Å². The van der Waals surface area contributed by atoms with Crippen molar-refractivity contribution < 1.29 is 14.3 Å². The molecule has 1 aromatic carbocycles. The molecule has 0 bridgehead atoms. The molecule has 2 N–H and O–H groups in total. The third-order valence-corrected chi connectivity index (χ3v) is 2.92. The molecule has 0 aliphatic carbocycles. The van der Waals surface area contributed by atoms with E-state index in [1.54, 1.807) is 12.1 Å². The number of ether oxygens (including phenoxy) is 1. The molecule has 5 heteroatoms. The quantitative estimate of drug-likeness (QED) is 0.846. The Morgan fingerprint density at radius 2 is 2.37 bits per heavy atom. The Morgan fingerprint density at radius 3 is 3.05 bits per heavy atom. The largest absolute Gasteiger partial charge is 0.494 e. The molecule has 1 heterocycles. The fourth-order valence-electron chi connectivity index (χ4n) is 1.92. The number of hydrogen-bond acceptors (Lipinski definition) is 3. The van der Waals surface area contributed by atoms with Crippen LogP contribution in [0.15, 0.2) is 24.3 Å². The van der Waals surface area contributed by atoms with Crippen LogP contribution in [0.4, 0.5) is 5.69 Å². The molecule has 19 heavy (non-hydrogen) atoms. The van der Waals surface area contributed by atoms with Crippen molar-refractivity contribution in [1.82, 2.24) is 5.32 Å². The maximum absolute atomic E-state index is 11.9. The van der Waals surface area contributed by atoms with Crippen LogP contribution in [0.5, 0.6) is 5.75 Å². The van der Waals surface area contributed by atoms with Crippen LogP contribution in [0, 0.1) is 5.92 Å². The highest BCUT2D eigenvalue weighted by Gasteiger charge is 2.27. The molecule has 0 spiro atoms. The topological polar surface area (TPSA) is 67.4 Å². The first-order valence-corrected chi connectivity index (χ1v) is 6.49. The molecule has 0 radical (unpaired) electrons. The number of carbonyl (C=O) groups is 2. The van der Waals surface area contributed by atoms with Gasteiger partial charge in [-0.25, -0.2) is 0 Å². The predicted molar refractivity (Wildman–Crippen MR) is 72.0 cm³/mol. The first-order chi connectivity index (χ1) is 9.19. The molecule has 1 aliphatic rings. The number of hydrogen-bond donors (Lipinski definition) is 2. The monoisotopic (exact) mass is 262 g/mol. The lowest BCUT2D eigenvalue weighted by molar-refractivity contribution is -0.123. The number of nitrogens with one attached hydrogen (secondary N) is 2. The second-order valence-electron chi connectivity index (χ2n) is 4.57. The van der Waals surface area contributed by atoms with Crippen molar-refractivity contribution in [2.75, 3.05) is 18.5 Å². The summed E-state index contributed by atoms with van der Waals surface area (Å²) in [7, 11) is 0. The predicted octanol–water partition coefficient (Wildman–Crippen LogP) is 1.55.